The minimum Gasteiger partial charge on any atom is -0.357 e. The molecule has 2 heterocycles. The Morgan fingerprint density at radius 1 is 1.43 bits per heavy atom. The van der Waals surface area contributed by atoms with Gasteiger partial charge in [0.1, 0.15) is 4.34 Å². The Morgan fingerprint density at radius 3 is 2.79 bits per heavy atom. The van der Waals surface area contributed by atoms with Crippen LogP contribution in [0.25, 0.3) is 0 Å². The molecule has 1 aliphatic rings. The molecule has 0 radical (unpaired) electrons. The fourth-order valence-electron chi connectivity index (χ4n) is 2.78. The highest BCUT2D eigenvalue weighted by Gasteiger charge is 2.21. The zero-order chi connectivity index (χ0) is 19.5. The number of piperidine rings is 1. The van der Waals surface area contributed by atoms with Crippen LogP contribution in [-0.2, 0) is 4.79 Å². The summed E-state index contributed by atoms with van der Waals surface area (Å²) in [4.78, 5) is 24.7. The van der Waals surface area contributed by atoms with Gasteiger partial charge in [-0.05, 0) is 26.2 Å². The third kappa shape index (κ3) is 9.75. The maximum atomic E-state index is 11.8. The highest BCUT2D eigenvalue weighted by molar-refractivity contribution is 14.0. The number of hydrogen-bond acceptors (Lipinski definition) is 6. The van der Waals surface area contributed by atoms with Gasteiger partial charge >= 0.3 is 0 Å². The Hall–Kier alpha value is -0.590. The van der Waals surface area contributed by atoms with E-state index in [1.54, 1.807) is 28.0 Å². The molecule has 2 rings (SSSR count). The van der Waals surface area contributed by atoms with Crippen LogP contribution < -0.4 is 10.6 Å². The molecule has 28 heavy (non-hydrogen) atoms. The highest BCUT2D eigenvalue weighted by Crippen LogP contribution is 2.20. The lowest BCUT2D eigenvalue weighted by atomic mass is 10.1. The predicted octanol–water partition coefficient (Wildman–Crippen LogP) is 2.35. The van der Waals surface area contributed by atoms with Crippen LogP contribution in [0.1, 0.15) is 26.2 Å². The van der Waals surface area contributed by atoms with Crippen LogP contribution in [-0.4, -0.2) is 85.3 Å². The van der Waals surface area contributed by atoms with Gasteiger partial charge in [0.15, 0.2) is 5.96 Å². The molecular formula is C18H33IN6OS2. The summed E-state index contributed by atoms with van der Waals surface area (Å²) in [5.41, 5.74) is 0. The molecule has 1 amide bonds. The molecule has 1 fully saturated rings. The smallest absolute Gasteiger partial charge is 0.236 e. The molecule has 1 aromatic rings. The molecule has 2 N–H and O–H groups in total. The number of likely N-dealkylation sites (N-methyl/N-ethyl adjacent to an activating group) is 1. The van der Waals surface area contributed by atoms with Crippen LogP contribution in [0.5, 0.6) is 0 Å². The van der Waals surface area contributed by atoms with Crippen LogP contribution in [0.15, 0.2) is 20.9 Å². The van der Waals surface area contributed by atoms with Crippen molar-refractivity contribution in [2.45, 2.75) is 36.6 Å². The summed E-state index contributed by atoms with van der Waals surface area (Å²) < 4.78 is 1.13. The van der Waals surface area contributed by atoms with Gasteiger partial charge in [-0.25, -0.2) is 4.98 Å². The zero-order valence-corrected chi connectivity index (χ0v) is 21.0. The van der Waals surface area contributed by atoms with E-state index < -0.39 is 0 Å². The summed E-state index contributed by atoms with van der Waals surface area (Å²) in [5, 5.41) is 8.91. The number of carbonyl (C=O) groups excluding carboxylic acids is 1. The van der Waals surface area contributed by atoms with Crippen LogP contribution in [0.3, 0.4) is 0 Å². The molecular weight excluding hydrogens is 507 g/mol. The first-order valence-electron chi connectivity index (χ1n) is 9.58. The topological polar surface area (TPSA) is 72.9 Å². The minimum absolute atomic E-state index is 0. The average Bonchev–Trinajstić information content (AvgIpc) is 3.16. The fourth-order valence-corrected chi connectivity index (χ4v) is 4.41. The van der Waals surface area contributed by atoms with E-state index in [2.05, 4.69) is 27.4 Å². The Morgan fingerprint density at radius 2 is 2.18 bits per heavy atom. The van der Waals surface area contributed by atoms with Crippen molar-refractivity contribution in [3.05, 3.63) is 11.6 Å². The van der Waals surface area contributed by atoms with Gasteiger partial charge in [0.2, 0.25) is 5.91 Å². The molecule has 0 spiro atoms. The van der Waals surface area contributed by atoms with Crippen molar-refractivity contribution in [1.82, 2.24) is 25.4 Å². The Bertz CT molecular complexity index is 577. The van der Waals surface area contributed by atoms with Gasteiger partial charge in [-0.2, -0.15) is 0 Å². The van der Waals surface area contributed by atoms with Crippen molar-refractivity contribution in [3.63, 3.8) is 0 Å². The largest absolute Gasteiger partial charge is 0.357 e. The average molecular weight is 541 g/mol. The lowest BCUT2D eigenvalue weighted by Crippen LogP contribution is -2.50. The molecule has 10 heteroatoms. The van der Waals surface area contributed by atoms with E-state index in [0.29, 0.717) is 12.6 Å². The molecule has 160 valence electrons. The Balaban J connectivity index is 0.00000392. The van der Waals surface area contributed by atoms with Gasteiger partial charge in [-0.15, -0.1) is 35.3 Å². The number of aliphatic imine (C=N–C) groups is 1. The summed E-state index contributed by atoms with van der Waals surface area (Å²) >= 11 is 3.48. The van der Waals surface area contributed by atoms with Crippen molar-refractivity contribution in [2.75, 3.05) is 52.6 Å². The van der Waals surface area contributed by atoms with E-state index in [9.17, 15) is 4.79 Å². The van der Waals surface area contributed by atoms with Crippen molar-refractivity contribution < 1.29 is 4.79 Å². The first kappa shape index (κ1) is 25.4. The minimum atomic E-state index is 0. The second-order valence-corrected chi connectivity index (χ2v) is 8.98. The van der Waals surface area contributed by atoms with E-state index >= 15 is 0 Å². The van der Waals surface area contributed by atoms with E-state index in [1.165, 1.54) is 0 Å². The number of halogens is 1. The zero-order valence-electron chi connectivity index (χ0n) is 17.0. The van der Waals surface area contributed by atoms with E-state index in [4.69, 9.17) is 4.99 Å². The summed E-state index contributed by atoms with van der Waals surface area (Å²) in [7, 11) is 3.62. The van der Waals surface area contributed by atoms with Crippen LogP contribution >= 0.6 is 47.1 Å². The number of likely N-dealkylation sites (tertiary alicyclic amines) is 1. The van der Waals surface area contributed by atoms with E-state index in [-0.39, 0.29) is 29.9 Å². The van der Waals surface area contributed by atoms with E-state index in [0.717, 1.165) is 61.5 Å². The van der Waals surface area contributed by atoms with Gasteiger partial charge in [0.05, 0.1) is 6.54 Å². The quantitative estimate of drug-likeness (QED) is 0.165. The first-order valence-corrected chi connectivity index (χ1v) is 11.4. The number of aromatic nitrogens is 1. The number of carbonyl (C=O) groups is 1. The second-order valence-electron chi connectivity index (χ2n) is 6.74. The molecule has 1 saturated heterocycles. The molecule has 0 unspecified atom stereocenters. The Labute approximate surface area is 194 Å². The summed E-state index contributed by atoms with van der Waals surface area (Å²) in [6.45, 7) is 6.16. The monoisotopic (exact) mass is 540 g/mol. The lowest BCUT2D eigenvalue weighted by Gasteiger charge is -2.33. The van der Waals surface area contributed by atoms with Crippen molar-refractivity contribution in [2.24, 2.45) is 4.99 Å². The standard InChI is InChI=1S/C18H32N6OS2.HI/c1-4-19-17(20-8-5-12-26-18-21-9-13-27-18)22-15-6-10-24(11-7-15)14-16(25)23(2)3;/h9,13,15H,4-8,10-12,14H2,1-3H3,(H2,19,20,22);1H. The van der Waals surface area contributed by atoms with Crippen molar-refractivity contribution in [1.29, 1.82) is 0 Å². The highest BCUT2D eigenvalue weighted by atomic mass is 127. The molecule has 0 atom stereocenters. The number of thiazole rings is 1. The molecule has 0 saturated carbocycles. The molecule has 0 aromatic carbocycles. The van der Waals surface area contributed by atoms with E-state index in [1.807, 2.05) is 25.7 Å². The molecule has 7 nitrogen and oxygen atoms in total. The first-order chi connectivity index (χ1) is 13.1. The summed E-state index contributed by atoms with van der Waals surface area (Å²) in [5.74, 6) is 2.11. The summed E-state index contributed by atoms with van der Waals surface area (Å²) in [6, 6.07) is 0.415. The van der Waals surface area contributed by atoms with Gasteiger partial charge in [-0.1, -0.05) is 11.8 Å². The molecule has 1 aromatic heterocycles. The van der Waals surface area contributed by atoms with Gasteiger partial charge in [0.25, 0.3) is 0 Å². The molecule has 1 aliphatic heterocycles. The number of thioether (sulfide) groups is 1. The lowest BCUT2D eigenvalue weighted by molar-refractivity contribution is -0.130. The second kappa shape index (κ2) is 14.4. The Kier molecular flexibility index (Phi) is 13.1. The molecule has 0 aliphatic carbocycles. The fraction of sp³-hybridized carbons (Fsp3) is 0.722. The summed E-state index contributed by atoms with van der Waals surface area (Å²) in [6.07, 6.45) is 4.95. The normalized spacial score (nSPS) is 15.8. The van der Waals surface area contributed by atoms with Crippen LogP contribution in [0, 0.1) is 0 Å². The van der Waals surface area contributed by atoms with Crippen LogP contribution in [0.4, 0.5) is 0 Å². The van der Waals surface area contributed by atoms with Crippen molar-refractivity contribution >= 4 is 58.9 Å². The maximum Gasteiger partial charge on any atom is 0.236 e. The third-order valence-electron chi connectivity index (χ3n) is 4.34. The van der Waals surface area contributed by atoms with Crippen LogP contribution in [0.2, 0.25) is 0 Å². The number of amides is 1. The number of nitrogens with one attached hydrogen (secondary N) is 2. The SMILES string of the molecule is CCNC(=NCCCSc1nccs1)NC1CCN(CC(=O)N(C)C)CC1.I. The van der Waals surface area contributed by atoms with Gasteiger partial charge in [-0.3, -0.25) is 14.7 Å². The number of hydrogen-bond donors (Lipinski definition) is 2. The third-order valence-corrected chi connectivity index (χ3v) is 6.39. The number of nitrogens with zero attached hydrogens (tertiary/aromatic N) is 4. The van der Waals surface area contributed by atoms with Gasteiger partial charge in [0, 0.05) is 63.6 Å². The maximum absolute atomic E-state index is 11.8. The van der Waals surface area contributed by atoms with Gasteiger partial charge < -0.3 is 15.5 Å². The predicted molar refractivity (Wildman–Crippen MR) is 130 cm³/mol. The number of rotatable bonds is 9. The number of guanidine groups is 1. The molecule has 0 bridgehead atoms. The van der Waals surface area contributed by atoms with Crippen molar-refractivity contribution in [3.8, 4) is 0 Å².